The van der Waals surface area contributed by atoms with Gasteiger partial charge in [0.25, 0.3) is 0 Å². The molecule has 0 unspecified atom stereocenters. The van der Waals surface area contributed by atoms with E-state index in [1.165, 1.54) is 12.0 Å². The molecule has 5 nitrogen and oxygen atoms in total. The number of methoxy groups -OCH3 is 1. The number of rotatable bonds is 6. The highest BCUT2D eigenvalue weighted by atomic mass is 32.1. The Balaban J connectivity index is 2.22. The summed E-state index contributed by atoms with van der Waals surface area (Å²) in [5.41, 5.74) is 0.344. The first kappa shape index (κ1) is 15.3. The number of nitrogens with zero attached hydrogens (tertiary/aromatic N) is 1. The Bertz CT molecular complexity index is 624. The highest BCUT2D eigenvalue weighted by molar-refractivity contribution is 7.10. The molecule has 6 heteroatoms. The van der Waals surface area contributed by atoms with Crippen molar-refractivity contribution < 1.29 is 9.66 Å². The molecule has 1 aromatic carbocycles. The van der Waals surface area contributed by atoms with Crippen molar-refractivity contribution in [3.63, 3.8) is 0 Å². The molecule has 0 saturated carbocycles. The van der Waals surface area contributed by atoms with Crippen molar-refractivity contribution in [2.45, 2.75) is 19.3 Å². The van der Waals surface area contributed by atoms with Gasteiger partial charge in [0.15, 0.2) is 5.75 Å². The lowest BCUT2D eigenvalue weighted by molar-refractivity contribution is -0.384. The highest BCUT2D eigenvalue weighted by Gasteiger charge is 2.25. The van der Waals surface area contributed by atoms with Gasteiger partial charge in [-0.15, -0.1) is 11.3 Å². The largest absolute Gasteiger partial charge is 0.490 e. The molecule has 0 aliphatic heterocycles. The number of hydrogen-bond acceptors (Lipinski definition) is 5. The molecule has 0 amide bonds. The smallest absolute Gasteiger partial charge is 0.333 e. The number of nitro benzene ring substituents is 1. The summed E-state index contributed by atoms with van der Waals surface area (Å²) >= 11 is 1.68. The Labute approximate surface area is 127 Å². The Morgan fingerprint density at radius 1 is 1.33 bits per heavy atom. The van der Waals surface area contributed by atoms with Crippen molar-refractivity contribution in [2.75, 3.05) is 19.0 Å². The van der Waals surface area contributed by atoms with E-state index in [2.05, 4.69) is 25.2 Å². The molecule has 21 heavy (non-hydrogen) atoms. The van der Waals surface area contributed by atoms with E-state index in [9.17, 15) is 10.1 Å². The van der Waals surface area contributed by atoms with E-state index >= 15 is 0 Å². The second-order valence-electron chi connectivity index (χ2n) is 5.33. The first-order valence-electron chi connectivity index (χ1n) is 6.55. The first-order valence-corrected chi connectivity index (χ1v) is 7.43. The summed E-state index contributed by atoms with van der Waals surface area (Å²) in [6.07, 6.45) is 0. The molecule has 2 rings (SSSR count). The van der Waals surface area contributed by atoms with E-state index < -0.39 is 4.92 Å². The minimum Gasteiger partial charge on any atom is -0.490 e. The van der Waals surface area contributed by atoms with Crippen LogP contribution < -0.4 is 10.1 Å². The Kier molecular flexibility index (Phi) is 4.47. The molecular formula is C15H18N2O3S. The summed E-state index contributed by atoms with van der Waals surface area (Å²) in [5.74, 6) is 0.263. The van der Waals surface area contributed by atoms with Gasteiger partial charge in [0.2, 0.25) is 0 Å². The van der Waals surface area contributed by atoms with Crippen molar-refractivity contribution >= 4 is 22.7 Å². The highest BCUT2D eigenvalue weighted by Crippen LogP contribution is 2.35. The SMILES string of the molecule is COc1cccc(NCC(C)(C)c2cccs2)c1[N+](=O)[O-]. The van der Waals surface area contributed by atoms with Crippen LogP contribution in [0.2, 0.25) is 0 Å². The van der Waals surface area contributed by atoms with Gasteiger partial charge in [0.1, 0.15) is 5.69 Å². The molecule has 1 aromatic heterocycles. The Hall–Kier alpha value is -2.08. The zero-order valence-corrected chi connectivity index (χ0v) is 13.1. The van der Waals surface area contributed by atoms with Crippen LogP contribution in [-0.2, 0) is 5.41 Å². The van der Waals surface area contributed by atoms with Gasteiger partial charge < -0.3 is 10.1 Å². The average molecular weight is 306 g/mol. The quantitative estimate of drug-likeness (QED) is 0.646. The maximum Gasteiger partial charge on any atom is 0.333 e. The molecule has 0 fully saturated rings. The maximum atomic E-state index is 11.2. The zero-order valence-electron chi connectivity index (χ0n) is 12.3. The molecule has 0 aliphatic carbocycles. The van der Waals surface area contributed by atoms with E-state index in [4.69, 9.17) is 4.74 Å². The van der Waals surface area contributed by atoms with Crippen LogP contribution in [0.3, 0.4) is 0 Å². The van der Waals surface area contributed by atoms with Crippen LogP contribution in [0.1, 0.15) is 18.7 Å². The fraction of sp³-hybridized carbons (Fsp3) is 0.333. The van der Waals surface area contributed by atoms with E-state index in [1.807, 2.05) is 11.4 Å². The normalized spacial score (nSPS) is 11.2. The van der Waals surface area contributed by atoms with Crippen LogP contribution in [0, 0.1) is 10.1 Å². The summed E-state index contributed by atoms with van der Waals surface area (Å²) in [7, 11) is 1.43. The van der Waals surface area contributed by atoms with Crippen LogP contribution in [0.15, 0.2) is 35.7 Å². The minimum absolute atomic E-state index is 0.0259. The number of para-hydroxylation sites is 1. The number of ether oxygens (including phenoxy) is 1. The molecule has 1 N–H and O–H groups in total. The van der Waals surface area contributed by atoms with Gasteiger partial charge in [0.05, 0.1) is 12.0 Å². The lowest BCUT2D eigenvalue weighted by atomic mass is 9.91. The van der Waals surface area contributed by atoms with Crippen LogP contribution in [-0.4, -0.2) is 18.6 Å². The number of nitrogens with one attached hydrogen (secondary N) is 1. The summed E-state index contributed by atoms with van der Waals surface area (Å²) in [4.78, 5) is 12.1. The standard InChI is InChI=1S/C15H18N2O3S/c1-15(2,13-8-5-9-21-13)10-16-11-6-4-7-12(20-3)14(11)17(18)19/h4-9,16H,10H2,1-3H3. The molecule has 0 atom stereocenters. The van der Waals surface area contributed by atoms with E-state index in [0.717, 1.165) is 0 Å². The third kappa shape index (κ3) is 3.33. The lowest BCUT2D eigenvalue weighted by Gasteiger charge is -2.24. The molecule has 0 saturated heterocycles. The molecule has 0 bridgehead atoms. The number of thiophene rings is 1. The molecule has 2 aromatic rings. The topological polar surface area (TPSA) is 64.4 Å². The number of benzene rings is 1. The van der Waals surface area contributed by atoms with Crippen molar-refractivity contribution in [3.05, 3.63) is 50.7 Å². The molecular weight excluding hydrogens is 288 g/mol. The van der Waals surface area contributed by atoms with Crippen molar-refractivity contribution in [1.29, 1.82) is 0 Å². The van der Waals surface area contributed by atoms with Crippen LogP contribution in [0.5, 0.6) is 5.75 Å². The fourth-order valence-corrected chi connectivity index (χ4v) is 2.94. The van der Waals surface area contributed by atoms with Gasteiger partial charge >= 0.3 is 5.69 Å². The first-order chi connectivity index (χ1) is 9.95. The van der Waals surface area contributed by atoms with E-state index in [1.54, 1.807) is 29.5 Å². The van der Waals surface area contributed by atoms with Gasteiger partial charge in [-0.2, -0.15) is 0 Å². The van der Waals surface area contributed by atoms with E-state index in [-0.39, 0.29) is 16.9 Å². The summed E-state index contributed by atoms with van der Waals surface area (Å²) in [5, 5.41) is 16.5. The van der Waals surface area contributed by atoms with E-state index in [0.29, 0.717) is 12.2 Å². The molecule has 0 radical (unpaired) electrons. The lowest BCUT2D eigenvalue weighted by Crippen LogP contribution is -2.26. The third-order valence-electron chi connectivity index (χ3n) is 3.31. The molecule has 0 spiro atoms. The van der Waals surface area contributed by atoms with Crippen LogP contribution in [0.25, 0.3) is 0 Å². The molecule has 0 aliphatic rings. The monoisotopic (exact) mass is 306 g/mol. The maximum absolute atomic E-state index is 11.2. The Morgan fingerprint density at radius 2 is 2.10 bits per heavy atom. The van der Waals surface area contributed by atoms with Gasteiger partial charge in [-0.25, -0.2) is 0 Å². The summed E-state index contributed by atoms with van der Waals surface area (Å²) < 4.78 is 5.07. The fourth-order valence-electron chi connectivity index (χ4n) is 2.08. The van der Waals surface area contributed by atoms with Gasteiger partial charge in [-0.1, -0.05) is 26.0 Å². The second-order valence-corrected chi connectivity index (χ2v) is 6.28. The summed E-state index contributed by atoms with van der Waals surface area (Å²) in [6, 6.07) is 9.12. The second kappa shape index (κ2) is 6.13. The molecule has 1 heterocycles. The van der Waals surface area contributed by atoms with Crippen molar-refractivity contribution in [3.8, 4) is 5.75 Å². The van der Waals surface area contributed by atoms with Crippen molar-refractivity contribution in [2.24, 2.45) is 0 Å². The number of hydrogen-bond donors (Lipinski definition) is 1. The van der Waals surface area contributed by atoms with Gasteiger partial charge in [-0.3, -0.25) is 10.1 Å². The number of nitro groups is 1. The predicted molar refractivity (Wildman–Crippen MR) is 85.5 cm³/mol. The zero-order chi connectivity index (χ0) is 15.5. The third-order valence-corrected chi connectivity index (χ3v) is 4.55. The molecule has 112 valence electrons. The van der Waals surface area contributed by atoms with Gasteiger partial charge in [0, 0.05) is 16.8 Å². The Morgan fingerprint density at radius 3 is 2.67 bits per heavy atom. The van der Waals surface area contributed by atoms with Crippen LogP contribution in [0.4, 0.5) is 11.4 Å². The van der Waals surface area contributed by atoms with Crippen molar-refractivity contribution in [1.82, 2.24) is 0 Å². The summed E-state index contributed by atoms with van der Waals surface area (Å²) in [6.45, 7) is 4.82. The predicted octanol–water partition coefficient (Wildman–Crippen LogP) is 4.05. The average Bonchev–Trinajstić information content (AvgIpc) is 2.99. The van der Waals surface area contributed by atoms with Gasteiger partial charge in [-0.05, 0) is 23.6 Å². The van der Waals surface area contributed by atoms with Crippen LogP contribution >= 0.6 is 11.3 Å². The minimum atomic E-state index is -0.417. The number of anilines is 1.